The van der Waals surface area contributed by atoms with E-state index in [1.165, 1.54) is 6.07 Å². The molecule has 0 heterocycles. The van der Waals surface area contributed by atoms with Crippen LogP contribution in [-0.4, -0.2) is 36.0 Å². The summed E-state index contributed by atoms with van der Waals surface area (Å²) in [4.78, 5) is 38.5. The molecule has 0 aliphatic rings. The van der Waals surface area contributed by atoms with Gasteiger partial charge in [0.1, 0.15) is 35.4 Å². The molecule has 3 atom stereocenters. The van der Waals surface area contributed by atoms with Crippen molar-refractivity contribution in [1.82, 2.24) is 0 Å². The highest BCUT2D eigenvalue weighted by atomic mass is 16.5. The Labute approximate surface area is 291 Å². The molecule has 0 saturated carbocycles. The van der Waals surface area contributed by atoms with E-state index in [1.54, 1.807) is 42.5 Å². The van der Waals surface area contributed by atoms with Crippen LogP contribution in [0.25, 0.3) is 12.2 Å². The summed E-state index contributed by atoms with van der Waals surface area (Å²) in [6.07, 6.45) is 4.52. The van der Waals surface area contributed by atoms with Crippen molar-refractivity contribution in [3.63, 3.8) is 0 Å². The molecule has 5 aromatic carbocycles. The molecule has 0 spiro atoms. The summed E-state index contributed by atoms with van der Waals surface area (Å²) in [6.45, 7) is 0. The van der Waals surface area contributed by atoms with Crippen LogP contribution in [-0.2, 0) is 33.6 Å². The molecule has 0 aromatic heterocycles. The second-order valence-corrected chi connectivity index (χ2v) is 11.8. The predicted octanol–water partition coefficient (Wildman–Crippen LogP) is 5.28. The van der Waals surface area contributed by atoms with Gasteiger partial charge >= 0.3 is 17.9 Å². The average Bonchev–Trinajstić information content (AvgIpc) is 3.12. The van der Waals surface area contributed by atoms with Gasteiger partial charge < -0.3 is 31.4 Å². The largest absolute Gasteiger partial charge is 0.425 e. The van der Waals surface area contributed by atoms with Crippen LogP contribution in [0.4, 0.5) is 0 Å². The Bertz CT molecular complexity index is 1820. The minimum Gasteiger partial charge on any atom is -0.425 e. The monoisotopic (exact) mass is 669 g/mol. The summed E-state index contributed by atoms with van der Waals surface area (Å²) in [5.41, 5.74) is 22.5. The van der Waals surface area contributed by atoms with Gasteiger partial charge in [-0.05, 0) is 71.3 Å². The Kier molecular flexibility index (Phi) is 12.4. The first-order chi connectivity index (χ1) is 24.2. The van der Waals surface area contributed by atoms with E-state index in [9.17, 15) is 14.4 Å². The Balaban J connectivity index is 1.28. The molecule has 0 radical (unpaired) electrons. The van der Waals surface area contributed by atoms with Gasteiger partial charge in [-0.15, -0.1) is 0 Å². The lowest BCUT2D eigenvalue weighted by Gasteiger charge is -2.15. The molecule has 9 nitrogen and oxygen atoms in total. The molecule has 0 amide bonds. The molecular weight excluding hydrogens is 630 g/mol. The highest BCUT2D eigenvalue weighted by Gasteiger charge is 2.20. The quantitative estimate of drug-likeness (QED) is 0.0813. The number of hydrogen-bond acceptors (Lipinski definition) is 9. The fourth-order valence-electron chi connectivity index (χ4n) is 5.08. The summed E-state index contributed by atoms with van der Waals surface area (Å²) in [5.74, 6) is -1.15. The van der Waals surface area contributed by atoms with Crippen LogP contribution in [0.3, 0.4) is 0 Å². The Morgan fingerprint density at radius 1 is 0.440 bits per heavy atom. The Morgan fingerprint density at radius 2 is 0.780 bits per heavy atom. The van der Waals surface area contributed by atoms with E-state index >= 15 is 0 Å². The van der Waals surface area contributed by atoms with Crippen LogP contribution >= 0.6 is 0 Å². The first kappa shape index (κ1) is 35.4. The molecule has 0 saturated heterocycles. The van der Waals surface area contributed by atoms with Crippen molar-refractivity contribution >= 4 is 30.1 Å². The number of hydrogen-bond donors (Lipinski definition) is 3. The third-order valence-electron chi connectivity index (χ3n) is 7.71. The van der Waals surface area contributed by atoms with Gasteiger partial charge in [0, 0.05) is 6.07 Å². The second kappa shape index (κ2) is 17.5. The molecule has 9 heteroatoms. The lowest BCUT2D eigenvalue weighted by molar-refractivity contribution is -0.136. The summed E-state index contributed by atoms with van der Waals surface area (Å²) in [6, 6.07) is 37.2. The zero-order valence-electron chi connectivity index (χ0n) is 27.4. The van der Waals surface area contributed by atoms with Crippen molar-refractivity contribution in [2.24, 2.45) is 17.2 Å². The molecule has 5 aromatic rings. The summed E-state index contributed by atoms with van der Waals surface area (Å²) in [7, 11) is 0. The van der Waals surface area contributed by atoms with Gasteiger partial charge in [-0.3, -0.25) is 0 Å². The van der Waals surface area contributed by atoms with Crippen LogP contribution in [0, 0.1) is 0 Å². The number of rotatable bonds is 14. The van der Waals surface area contributed by atoms with E-state index in [0.717, 1.165) is 22.3 Å². The smallest absolute Gasteiger partial charge is 0.328 e. The van der Waals surface area contributed by atoms with E-state index in [1.807, 2.05) is 97.1 Å². The summed E-state index contributed by atoms with van der Waals surface area (Å²) in [5, 5.41) is 0. The van der Waals surface area contributed by atoms with Crippen molar-refractivity contribution in [3.8, 4) is 17.2 Å². The van der Waals surface area contributed by atoms with Crippen LogP contribution in [0.5, 0.6) is 17.2 Å². The SMILES string of the molecule is NC(Cc1ccccc1)C(=O)Oc1ccc(/C=C/c2cc(OC(=O)C(N)Cc3ccccc3)cc(OC(=O)C(N)Cc3ccccc3)c2)cc1. The summed E-state index contributed by atoms with van der Waals surface area (Å²) >= 11 is 0. The zero-order chi connectivity index (χ0) is 35.3. The first-order valence-electron chi connectivity index (χ1n) is 16.2. The van der Waals surface area contributed by atoms with Crippen molar-refractivity contribution in [2.75, 3.05) is 0 Å². The minimum absolute atomic E-state index is 0.147. The molecule has 50 heavy (non-hydrogen) atoms. The number of ether oxygens (including phenoxy) is 3. The molecule has 0 fully saturated rings. The van der Waals surface area contributed by atoms with Gasteiger partial charge in [0.25, 0.3) is 0 Å². The Hall–Kier alpha value is -5.87. The third kappa shape index (κ3) is 10.8. The van der Waals surface area contributed by atoms with Gasteiger partial charge in [0.15, 0.2) is 0 Å². The maximum Gasteiger partial charge on any atom is 0.328 e. The molecule has 6 N–H and O–H groups in total. The highest BCUT2D eigenvalue weighted by Crippen LogP contribution is 2.26. The number of nitrogens with two attached hydrogens (primary N) is 3. The molecular formula is C41H39N3O6. The van der Waals surface area contributed by atoms with Crippen molar-refractivity contribution < 1.29 is 28.6 Å². The maximum atomic E-state index is 13.0. The molecule has 5 rings (SSSR count). The summed E-state index contributed by atoms with van der Waals surface area (Å²) < 4.78 is 16.8. The van der Waals surface area contributed by atoms with Crippen LogP contribution < -0.4 is 31.4 Å². The minimum atomic E-state index is -0.914. The normalized spacial score (nSPS) is 12.9. The number of carbonyl (C=O) groups is 3. The van der Waals surface area contributed by atoms with Crippen molar-refractivity contribution in [1.29, 1.82) is 0 Å². The van der Waals surface area contributed by atoms with E-state index in [2.05, 4.69) is 0 Å². The van der Waals surface area contributed by atoms with Gasteiger partial charge in [0.2, 0.25) is 0 Å². The van der Waals surface area contributed by atoms with Crippen molar-refractivity contribution in [2.45, 2.75) is 37.4 Å². The molecule has 0 aliphatic carbocycles. The molecule has 0 aliphatic heterocycles. The van der Waals surface area contributed by atoms with Crippen molar-refractivity contribution in [3.05, 3.63) is 161 Å². The van der Waals surface area contributed by atoms with E-state index in [0.29, 0.717) is 30.6 Å². The lowest BCUT2D eigenvalue weighted by Crippen LogP contribution is -2.36. The maximum absolute atomic E-state index is 13.0. The highest BCUT2D eigenvalue weighted by molar-refractivity contribution is 5.81. The van der Waals surface area contributed by atoms with E-state index in [4.69, 9.17) is 31.4 Å². The predicted molar refractivity (Wildman–Crippen MR) is 193 cm³/mol. The van der Waals surface area contributed by atoms with E-state index < -0.39 is 36.0 Å². The fraction of sp³-hybridized carbons (Fsp3) is 0.146. The number of esters is 3. The molecule has 254 valence electrons. The van der Waals surface area contributed by atoms with Crippen LogP contribution in [0.15, 0.2) is 133 Å². The molecule has 3 unspecified atom stereocenters. The topological polar surface area (TPSA) is 157 Å². The molecule has 0 bridgehead atoms. The third-order valence-corrected chi connectivity index (χ3v) is 7.71. The van der Waals surface area contributed by atoms with E-state index in [-0.39, 0.29) is 11.5 Å². The Morgan fingerprint density at radius 3 is 1.16 bits per heavy atom. The van der Waals surface area contributed by atoms with Crippen LogP contribution in [0.1, 0.15) is 27.8 Å². The van der Waals surface area contributed by atoms with Gasteiger partial charge in [-0.1, -0.05) is 115 Å². The number of benzene rings is 5. The van der Waals surface area contributed by atoms with Crippen LogP contribution in [0.2, 0.25) is 0 Å². The average molecular weight is 670 g/mol. The van der Waals surface area contributed by atoms with Gasteiger partial charge in [-0.25, -0.2) is 14.4 Å². The fourth-order valence-corrected chi connectivity index (χ4v) is 5.08. The second-order valence-electron chi connectivity index (χ2n) is 11.8. The standard InChI is InChI=1S/C41H39N3O6/c42-36(24-29-10-4-1-5-11-29)39(45)48-33-20-18-28(19-21-33)16-17-32-22-34(49-40(46)37(43)25-30-12-6-2-7-13-30)27-35(23-32)50-41(47)38(44)26-31-14-8-3-9-15-31/h1-23,27,36-38H,24-26,42-44H2/b17-16+. The number of carbonyl (C=O) groups excluding carboxylic acids is 3. The van der Waals surface area contributed by atoms with Gasteiger partial charge in [0.05, 0.1) is 0 Å². The first-order valence-corrected chi connectivity index (χ1v) is 16.2. The van der Waals surface area contributed by atoms with Gasteiger partial charge in [-0.2, -0.15) is 0 Å². The lowest BCUT2D eigenvalue weighted by atomic mass is 10.1. The zero-order valence-corrected chi connectivity index (χ0v) is 27.4.